The summed E-state index contributed by atoms with van der Waals surface area (Å²) in [5.41, 5.74) is 1.71. The molecule has 128 valence electrons. The van der Waals surface area contributed by atoms with Gasteiger partial charge in [-0.05, 0) is 24.3 Å². The van der Waals surface area contributed by atoms with Gasteiger partial charge in [0, 0.05) is 18.5 Å². The van der Waals surface area contributed by atoms with Crippen LogP contribution in [0.15, 0.2) is 65.8 Å². The van der Waals surface area contributed by atoms with Gasteiger partial charge in [-0.3, -0.25) is 9.36 Å². The minimum atomic E-state index is -0.0906. The first-order valence-corrected chi connectivity index (χ1v) is 8.73. The van der Waals surface area contributed by atoms with Gasteiger partial charge in [0.25, 0.3) is 0 Å². The van der Waals surface area contributed by atoms with Crippen molar-refractivity contribution in [1.29, 1.82) is 0 Å². The van der Waals surface area contributed by atoms with Crippen LogP contribution in [0.1, 0.15) is 5.82 Å². The summed E-state index contributed by atoms with van der Waals surface area (Å²) in [7, 11) is 1.62. The molecule has 1 N–H and O–H groups in total. The highest BCUT2D eigenvalue weighted by Gasteiger charge is 2.15. The number of methoxy groups -OCH3 is 1. The van der Waals surface area contributed by atoms with Crippen molar-refractivity contribution in [2.75, 3.05) is 18.2 Å². The lowest BCUT2D eigenvalue weighted by Gasteiger charge is -2.10. The Labute approximate surface area is 150 Å². The fraction of sp³-hybridized carbons (Fsp3) is 0.167. The van der Waals surface area contributed by atoms with Crippen molar-refractivity contribution < 1.29 is 9.53 Å². The highest BCUT2D eigenvalue weighted by Crippen LogP contribution is 2.22. The zero-order chi connectivity index (χ0) is 17.5. The molecule has 0 unspecified atom stereocenters. The monoisotopic (exact) mass is 354 g/mol. The molecule has 6 nitrogen and oxygen atoms in total. The normalized spacial score (nSPS) is 10.6. The van der Waals surface area contributed by atoms with Gasteiger partial charge in [0.2, 0.25) is 5.91 Å². The minimum Gasteiger partial charge on any atom is -0.377 e. The van der Waals surface area contributed by atoms with Crippen molar-refractivity contribution >= 4 is 23.4 Å². The summed E-state index contributed by atoms with van der Waals surface area (Å²) in [4.78, 5) is 12.2. The molecule has 1 aromatic heterocycles. The molecule has 25 heavy (non-hydrogen) atoms. The lowest BCUT2D eigenvalue weighted by molar-refractivity contribution is -0.113. The number of nitrogens with zero attached hydrogens (tertiary/aromatic N) is 3. The Morgan fingerprint density at radius 2 is 1.76 bits per heavy atom. The molecule has 7 heteroatoms. The molecule has 0 fully saturated rings. The number of hydrogen-bond donors (Lipinski definition) is 1. The van der Waals surface area contributed by atoms with Crippen molar-refractivity contribution in [3.63, 3.8) is 0 Å². The van der Waals surface area contributed by atoms with E-state index in [1.165, 1.54) is 11.8 Å². The lowest BCUT2D eigenvalue weighted by atomic mass is 10.3. The van der Waals surface area contributed by atoms with E-state index in [2.05, 4.69) is 15.5 Å². The number of thioether (sulfide) groups is 1. The van der Waals surface area contributed by atoms with E-state index in [1.807, 2.05) is 65.2 Å². The number of nitrogens with one attached hydrogen (secondary N) is 1. The van der Waals surface area contributed by atoms with Crippen molar-refractivity contribution in [3.05, 3.63) is 66.5 Å². The maximum atomic E-state index is 12.2. The van der Waals surface area contributed by atoms with Crippen LogP contribution >= 0.6 is 11.8 Å². The number of hydrogen-bond acceptors (Lipinski definition) is 5. The predicted molar refractivity (Wildman–Crippen MR) is 97.9 cm³/mol. The number of rotatable bonds is 7. The van der Waals surface area contributed by atoms with Gasteiger partial charge in [0.15, 0.2) is 11.0 Å². The number of carbonyl (C=O) groups is 1. The van der Waals surface area contributed by atoms with E-state index in [9.17, 15) is 4.79 Å². The zero-order valence-corrected chi connectivity index (χ0v) is 14.6. The predicted octanol–water partition coefficient (Wildman–Crippen LogP) is 3.14. The van der Waals surface area contributed by atoms with Gasteiger partial charge in [0.1, 0.15) is 6.61 Å². The molecule has 0 saturated carbocycles. The number of aromatic nitrogens is 3. The molecule has 1 heterocycles. The summed E-state index contributed by atoms with van der Waals surface area (Å²) in [6.07, 6.45) is 0. The molecule has 0 aliphatic heterocycles. The average molecular weight is 354 g/mol. The third-order valence-electron chi connectivity index (χ3n) is 3.38. The van der Waals surface area contributed by atoms with Crippen LogP contribution in [0.4, 0.5) is 5.69 Å². The second-order valence-electron chi connectivity index (χ2n) is 5.21. The maximum absolute atomic E-state index is 12.2. The van der Waals surface area contributed by atoms with Crippen molar-refractivity contribution in [1.82, 2.24) is 14.8 Å². The van der Waals surface area contributed by atoms with E-state index in [0.717, 1.165) is 11.4 Å². The summed E-state index contributed by atoms with van der Waals surface area (Å²) in [5, 5.41) is 11.9. The van der Waals surface area contributed by atoms with E-state index in [1.54, 1.807) is 7.11 Å². The molecule has 0 aliphatic rings. The van der Waals surface area contributed by atoms with Crippen LogP contribution in [-0.2, 0) is 16.1 Å². The SMILES string of the molecule is COCc1nnc(SCC(=O)Nc2ccccc2)n1-c1ccccc1. The molecule has 3 aromatic rings. The fourth-order valence-corrected chi connectivity index (χ4v) is 3.07. The number of anilines is 1. The average Bonchev–Trinajstić information content (AvgIpc) is 3.04. The molecule has 0 radical (unpaired) electrons. The number of para-hydroxylation sites is 2. The Morgan fingerprint density at radius 1 is 1.08 bits per heavy atom. The van der Waals surface area contributed by atoms with Crippen LogP contribution in [0.25, 0.3) is 5.69 Å². The lowest BCUT2D eigenvalue weighted by Crippen LogP contribution is -2.14. The Kier molecular flexibility index (Phi) is 5.81. The van der Waals surface area contributed by atoms with Gasteiger partial charge >= 0.3 is 0 Å². The summed E-state index contributed by atoms with van der Waals surface area (Å²) >= 11 is 1.34. The Morgan fingerprint density at radius 3 is 2.44 bits per heavy atom. The third kappa shape index (κ3) is 4.46. The molecule has 0 spiro atoms. The topological polar surface area (TPSA) is 69.0 Å². The van der Waals surface area contributed by atoms with E-state index >= 15 is 0 Å². The van der Waals surface area contributed by atoms with Gasteiger partial charge in [-0.25, -0.2) is 0 Å². The Balaban J connectivity index is 1.73. The second kappa shape index (κ2) is 8.46. The molecule has 1 amide bonds. The quantitative estimate of drug-likeness (QED) is 0.660. The Hall–Kier alpha value is -2.64. The van der Waals surface area contributed by atoms with Crippen molar-refractivity contribution in [2.45, 2.75) is 11.8 Å². The third-order valence-corrected chi connectivity index (χ3v) is 4.31. The Bertz CT molecular complexity index is 822. The van der Waals surface area contributed by atoms with Gasteiger partial charge < -0.3 is 10.1 Å². The highest BCUT2D eigenvalue weighted by molar-refractivity contribution is 7.99. The van der Waals surface area contributed by atoms with Crippen LogP contribution in [0, 0.1) is 0 Å². The minimum absolute atomic E-state index is 0.0906. The second-order valence-corrected chi connectivity index (χ2v) is 6.15. The molecule has 3 rings (SSSR count). The van der Waals surface area contributed by atoms with E-state index in [0.29, 0.717) is 17.6 Å². The zero-order valence-electron chi connectivity index (χ0n) is 13.8. The highest BCUT2D eigenvalue weighted by atomic mass is 32.2. The summed E-state index contributed by atoms with van der Waals surface area (Å²) in [6, 6.07) is 19.2. The molecular weight excluding hydrogens is 336 g/mol. The first kappa shape index (κ1) is 17.2. The van der Waals surface area contributed by atoms with Crippen molar-refractivity contribution in [2.24, 2.45) is 0 Å². The van der Waals surface area contributed by atoms with Crippen LogP contribution in [0.2, 0.25) is 0 Å². The summed E-state index contributed by atoms with van der Waals surface area (Å²) < 4.78 is 7.10. The molecule has 0 atom stereocenters. The van der Waals surface area contributed by atoms with Crippen molar-refractivity contribution in [3.8, 4) is 5.69 Å². The van der Waals surface area contributed by atoms with E-state index in [-0.39, 0.29) is 11.7 Å². The molecule has 0 bridgehead atoms. The van der Waals surface area contributed by atoms with Crippen LogP contribution in [0.5, 0.6) is 0 Å². The van der Waals surface area contributed by atoms with Gasteiger partial charge in [-0.15, -0.1) is 10.2 Å². The molecule has 0 saturated heterocycles. The molecular formula is C18H18N4O2S. The van der Waals surface area contributed by atoms with Gasteiger partial charge in [-0.1, -0.05) is 48.2 Å². The summed E-state index contributed by atoms with van der Waals surface area (Å²) in [5.74, 6) is 0.846. The van der Waals surface area contributed by atoms with Crippen LogP contribution in [0.3, 0.4) is 0 Å². The van der Waals surface area contributed by atoms with Gasteiger partial charge in [0.05, 0.1) is 5.75 Å². The number of benzene rings is 2. The summed E-state index contributed by atoms with van der Waals surface area (Å²) in [6.45, 7) is 0.346. The molecule has 0 aliphatic carbocycles. The van der Waals surface area contributed by atoms with Gasteiger partial charge in [-0.2, -0.15) is 0 Å². The fourth-order valence-electron chi connectivity index (χ4n) is 2.30. The standard InChI is InChI=1S/C18H18N4O2S/c1-24-12-16-20-21-18(22(16)15-10-6-3-7-11-15)25-13-17(23)19-14-8-4-2-5-9-14/h2-11H,12-13H2,1H3,(H,19,23). The van der Waals surface area contributed by atoms with E-state index < -0.39 is 0 Å². The smallest absolute Gasteiger partial charge is 0.234 e. The van der Waals surface area contributed by atoms with Crippen LogP contribution in [-0.4, -0.2) is 33.5 Å². The number of ether oxygens (including phenoxy) is 1. The number of carbonyl (C=O) groups excluding carboxylic acids is 1. The maximum Gasteiger partial charge on any atom is 0.234 e. The van der Waals surface area contributed by atoms with Crippen LogP contribution < -0.4 is 5.32 Å². The first-order valence-electron chi connectivity index (χ1n) is 7.74. The number of amides is 1. The van der Waals surface area contributed by atoms with E-state index in [4.69, 9.17) is 4.74 Å². The first-order chi connectivity index (χ1) is 12.3. The molecule has 2 aromatic carbocycles. The largest absolute Gasteiger partial charge is 0.377 e.